The summed E-state index contributed by atoms with van der Waals surface area (Å²) in [6.45, 7) is 4.03. The first-order valence-electron chi connectivity index (χ1n) is 12.1. The molecule has 3 aliphatic rings. The fraction of sp³-hybridized carbons (Fsp3) is 0.560. The van der Waals surface area contributed by atoms with Crippen molar-refractivity contribution >= 4 is 29.3 Å². The van der Waals surface area contributed by atoms with Crippen molar-refractivity contribution in [2.45, 2.75) is 45.1 Å². The van der Waals surface area contributed by atoms with Crippen molar-refractivity contribution in [3.63, 3.8) is 0 Å². The molecule has 2 aliphatic heterocycles. The zero-order valence-electron chi connectivity index (χ0n) is 19.7. The second kappa shape index (κ2) is 10.9. The van der Waals surface area contributed by atoms with Crippen LogP contribution < -0.4 is 15.1 Å². The molecular formula is C25H33FN4O4. The van der Waals surface area contributed by atoms with Gasteiger partial charge in [0, 0.05) is 33.1 Å². The molecule has 0 spiro atoms. The predicted octanol–water partition coefficient (Wildman–Crippen LogP) is 3.07. The third-order valence-corrected chi connectivity index (χ3v) is 6.79. The molecule has 0 bridgehead atoms. The molecule has 2 saturated heterocycles. The molecule has 4 rings (SSSR count). The van der Waals surface area contributed by atoms with Crippen molar-refractivity contribution in [1.82, 2.24) is 10.2 Å². The number of halogens is 1. The van der Waals surface area contributed by atoms with Crippen LogP contribution in [0.5, 0.6) is 0 Å². The number of hydrogen-bond acceptors (Lipinski definition) is 5. The van der Waals surface area contributed by atoms with E-state index in [0.29, 0.717) is 43.5 Å². The Morgan fingerprint density at radius 2 is 1.88 bits per heavy atom. The van der Waals surface area contributed by atoms with E-state index < -0.39 is 18.0 Å². The summed E-state index contributed by atoms with van der Waals surface area (Å²) >= 11 is 0. The highest BCUT2D eigenvalue weighted by Gasteiger charge is 2.33. The fourth-order valence-corrected chi connectivity index (χ4v) is 4.83. The molecule has 9 heteroatoms. The van der Waals surface area contributed by atoms with Gasteiger partial charge in [-0.3, -0.25) is 14.5 Å². The van der Waals surface area contributed by atoms with Gasteiger partial charge in [-0.25, -0.2) is 9.18 Å². The summed E-state index contributed by atoms with van der Waals surface area (Å²) < 4.78 is 20.2. The average molecular weight is 473 g/mol. The van der Waals surface area contributed by atoms with Gasteiger partial charge < -0.3 is 19.9 Å². The first kappa shape index (κ1) is 24.0. The number of benzene rings is 1. The smallest absolute Gasteiger partial charge is 0.414 e. The molecule has 1 N–H and O–H groups in total. The van der Waals surface area contributed by atoms with Gasteiger partial charge in [0.15, 0.2) is 0 Å². The quantitative estimate of drug-likeness (QED) is 0.644. The van der Waals surface area contributed by atoms with Crippen LogP contribution in [-0.2, 0) is 14.3 Å². The summed E-state index contributed by atoms with van der Waals surface area (Å²) in [5.41, 5.74) is 0.870. The van der Waals surface area contributed by atoms with Crippen molar-refractivity contribution in [2.75, 3.05) is 49.1 Å². The minimum atomic E-state index is -0.559. The van der Waals surface area contributed by atoms with Crippen LogP contribution in [0.2, 0.25) is 0 Å². The number of amides is 3. The van der Waals surface area contributed by atoms with E-state index in [9.17, 15) is 18.8 Å². The van der Waals surface area contributed by atoms with Gasteiger partial charge in [-0.2, -0.15) is 0 Å². The van der Waals surface area contributed by atoms with Crippen LogP contribution in [-0.4, -0.2) is 68.2 Å². The van der Waals surface area contributed by atoms with E-state index in [4.69, 9.17) is 4.74 Å². The molecule has 0 aromatic heterocycles. The summed E-state index contributed by atoms with van der Waals surface area (Å²) in [4.78, 5) is 40.9. The zero-order valence-corrected chi connectivity index (χ0v) is 19.7. The van der Waals surface area contributed by atoms with Gasteiger partial charge in [0.1, 0.15) is 11.9 Å². The maximum Gasteiger partial charge on any atom is 0.414 e. The molecular weight excluding hydrogens is 439 g/mol. The Balaban J connectivity index is 1.31. The van der Waals surface area contributed by atoms with Crippen LogP contribution in [0.25, 0.3) is 0 Å². The van der Waals surface area contributed by atoms with Crippen molar-refractivity contribution < 1.29 is 23.5 Å². The number of nitrogens with zero attached hydrogens (tertiary/aromatic N) is 3. The van der Waals surface area contributed by atoms with Gasteiger partial charge in [0.25, 0.3) is 0 Å². The highest BCUT2D eigenvalue weighted by atomic mass is 19.1. The number of ether oxygens (including phenoxy) is 1. The second-order valence-corrected chi connectivity index (χ2v) is 9.26. The first-order chi connectivity index (χ1) is 16.4. The molecule has 2 heterocycles. The van der Waals surface area contributed by atoms with Crippen LogP contribution in [0.3, 0.4) is 0 Å². The number of rotatable bonds is 6. The highest BCUT2D eigenvalue weighted by Crippen LogP contribution is 2.29. The molecule has 3 fully saturated rings. The van der Waals surface area contributed by atoms with Crippen molar-refractivity contribution in [3.8, 4) is 0 Å². The number of piperazine rings is 1. The van der Waals surface area contributed by atoms with Gasteiger partial charge in [-0.15, -0.1) is 0 Å². The largest absolute Gasteiger partial charge is 0.442 e. The molecule has 8 nitrogen and oxygen atoms in total. The molecule has 0 unspecified atom stereocenters. The lowest BCUT2D eigenvalue weighted by Gasteiger charge is -2.36. The molecule has 34 heavy (non-hydrogen) atoms. The Kier molecular flexibility index (Phi) is 7.70. The minimum Gasteiger partial charge on any atom is -0.442 e. The van der Waals surface area contributed by atoms with Gasteiger partial charge in [-0.1, -0.05) is 25.3 Å². The molecule has 3 amide bonds. The van der Waals surface area contributed by atoms with E-state index >= 15 is 0 Å². The summed E-state index contributed by atoms with van der Waals surface area (Å²) in [6, 6.07) is 4.70. The second-order valence-electron chi connectivity index (χ2n) is 9.26. The average Bonchev–Trinajstić information content (AvgIpc) is 3.22. The predicted molar refractivity (Wildman–Crippen MR) is 127 cm³/mol. The lowest BCUT2D eigenvalue weighted by Crippen LogP contribution is -2.48. The normalized spacial score (nSPS) is 21.8. The van der Waals surface area contributed by atoms with Gasteiger partial charge in [-0.05, 0) is 43.0 Å². The van der Waals surface area contributed by atoms with Gasteiger partial charge >= 0.3 is 6.09 Å². The standard InChI is InChI=1S/C25H33FN4O4/c1-18(31)27-16-21-17-30(25(33)34-21)20-8-9-23(22(26)15-20)28-11-13-29(14-12-28)24(32)10-7-19-5-3-2-4-6-19/h7-10,15,19,21H,2-6,11-14,16-17H2,1H3,(H,27,31)/b10-7+/t21-/m0/s1. The Bertz CT molecular complexity index is 939. The van der Waals surface area contributed by atoms with Gasteiger partial charge in [0.05, 0.1) is 24.5 Å². The molecule has 1 saturated carbocycles. The number of hydrogen-bond donors (Lipinski definition) is 1. The van der Waals surface area contributed by atoms with Crippen molar-refractivity contribution in [1.29, 1.82) is 0 Å². The molecule has 1 aromatic rings. The van der Waals surface area contributed by atoms with Crippen molar-refractivity contribution in [2.24, 2.45) is 5.92 Å². The van der Waals surface area contributed by atoms with Crippen molar-refractivity contribution in [3.05, 3.63) is 36.2 Å². The molecule has 0 radical (unpaired) electrons. The lowest BCUT2D eigenvalue weighted by atomic mass is 9.89. The number of cyclic esters (lactones) is 1. The fourth-order valence-electron chi connectivity index (χ4n) is 4.83. The topological polar surface area (TPSA) is 82.2 Å². The van der Waals surface area contributed by atoms with Crippen LogP contribution in [0.15, 0.2) is 30.4 Å². The highest BCUT2D eigenvalue weighted by molar-refractivity contribution is 5.90. The van der Waals surface area contributed by atoms with E-state index in [2.05, 4.69) is 11.4 Å². The van der Waals surface area contributed by atoms with E-state index in [1.165, 1.54) is 37.2 Å². The van der Waals surface area contributed by atoms with E-state index in [0.717, 1.165) is 12.8 Å². The Labute approximate surface area is 199 Å². The SMILES string of the molecule is CC(=O)NC[C@H]1CN(c2ccc(N3CCN(C(=O)/C=C/C4CCCCC4)CC3)c(F)c2)C(=O)O1. The van der Waals surface area contributed by atoms with Crippen LogP contribution >= 0.6 is 0 Å². The molecule has 1 atom stereocenters. The zero-order chi connectivity index (χ0) is 24.1. The molecule has 1 aromatic carbocycles. The van der Waals surface area contributed by atoms with Crippen LogP contribution in [0.4, 0.5) is 20.6 Å². The maximum absolute atomic E-state index is 15.0. The van der Waals surface area contributed by atoms with E-state index in [-0.39, 0.29) is 24.9 Å². The summed E-state index contributed by atoms with van der Waals surface area (Å²) in [5, 5.41) is 2.62. The lowest BCUT2D eigenvalue weighted by molar-refractivity contribution is -0.126. The molecule has 184 valence electrons. The van der Waals surface area contributed by atoms with Crippen LogP contribution in [0.1, 0.15) is 39.0 Å². The van der Waals surface area contributed by atoms with Crippen LogP contribution in [0, 0.1) is 11.7 Å². The summed E-state index contributed by atoms with van der Waals surface area (Å²) in [7, 11) is 0. The molecule has 1 aliphatic carbocycles. The number of carbonyl (C=O) groups excluding carboxylic acids is 3. The summed E-state index contributed by atoms with van der Waals surface area (Å²) in [6.07, 6.45) is 8.85. The van der Waals surface area contributed by atoms with Gasteiger partial charge in [0.2, 0.25) is 11.8 Å². The minimum absolute atomic E-state index is 0.0300. The maximum atomic E-state index is 15.0. The Hall–Kier alpha value is -3.10. The number of nitrogens with one attached hydrogen (secondary N) is 1. The third kappa shape index (κ3) is 5.87. The Morgan fingerprint density at radius 1 is 1.15 bits per heavy atom. The number of allylic oxidation sites excluding steroid dienone is 1. The monoisotopic (exact) mass is 472 g/mol. The van der Waals surface area contributed by atoms with E-state index in [1.54, 1.807) is 18.2 Å². The number of carbonyl (C=O) groups is 3. The van der Waals surface area contributed by atoms with E-state index in [1.807, 2.05) is 9.80 Å². The summed E-state index contributed by atoms with van der Waals surface area (Å²) in [5.74, 6) is -0.0814. The first-order valence-corrected chi connectivity index (χ1v) is 12.1. The third-order valence-electron chi connectivity index (χ3n) is 6.79. The number of anilines is 2. The Morgan fingerprint density at radius 3 is 2.56 bits per heavy atom.